The molecule has 0 amide bonds. The number of nitrogens with zero attached hydrogens (tertiary/aromatic N) is 1. The summed E-state index contributed by atoms with van der Waals surface area (Å²) in [7, 11) is 0. The zero-order valence-corrected chi connectivity index (χ0v) is 9.33. The van der Waals surface area contributed by atoms with Gasteiger partial charge in [0.1, 0.15) is 12.3 Å². The van der Waals surface area contributed by atoms with Gasteiger partial charge in [-0.25, -0.2) is 4.98 Å². The lowest BCUT2D eigenvalue weighted by atomic mass is 10.2. The molecule has 0 radical (unpaired) electrons. The van der Waals surface area contributed by atoms with Gasteiger partial charge in [0, 0.05) is 5.75 Å². The molecular weight excluding hydrogens is 216 g/mol. The first-order valence-electron chi connectivity index (χ1n) is 4.68. The molecule has 0 bridgehead atoms. The van der Waals surface area contributed by atoms with E-state index in [2.05, 4.69) is 4.98 Å². The van der Waals surface area contributed by atoms with Crippen LogP contribution in [0.1, 0.15) is 13.3 Å². The fourth-order valence-electron chi connectivity index (χ4n) is 0.922. The fourth-order valence-corrected chi connectivity index (χ4v) is 1.73. The number of rotatable bonds is 6. The molecule has 0 spiro atoms. The van der Waals surface area contributed by atoms with Crippen molar-refractivity contribution in [2.75, 3.05) is 12.4 Å². The SMILES string of the molecule is CCOC(=O)C(N)CCSc1ncco1. The van der Waals surface area contributed by atoms with E-state index in [4.69, 9.17) is 14.9 Å². The summed E-state index contributed by atoms with van der Waals surface area (Å²) in [6.45, 7) is 2.12. The number of hydrogen-bond acceptors (Lipinski definition) is 6. The quantitative estimate of drug-likeness (QED) is 0.581. The number of esters is 1. The minimum atomic E-state index is -0.563. The Bertz CT molecular complexity index is 290. The Kier molecular flexibility index (Phi) is 5.20. The minimum absolute atomic E-state index is 0.356. The van der Waals surface area contributed by atoms with Crippen molar-refractivity contribution in [2.45, 2.75) is 24.6 Å². The average Bonchev–Trinajstić information content (AvgIpc) is 2.71. The van der Waals surface area contributed by atoms with E-state index in [0.29, 0.717) is 24.0 Å². The Morgan fingerprint density at radius 3 is 3.20 bits per heavy atom. The molecule has 2 N–H and O–H groups in total. The average molecular weight is 230 g/mol. The van der Waals surface area contributed by atoms with E-state index in [-0.39, 0.29) is 5.97 Å². The van der Waals surface area contributed by atoms with E-state index in [1.807, 2.05) is 0 Å². The van der Waals surface area contributed by atoms with E-state index < -0.39 is 6.04 Å². The first-order valence-corrected chi connectivity index (χ1v) is 5.67. The third-order valence-electron chi connectivity index (χ3n) is 1.65. The third kappa shape index (κ3) is 4.35. The molecule has 84 valence electrons. The van der Waals surface area contributed by atoms with Gasteiger partial charge in [-0.2, -0.15) is 0 Å². The fraction of sp³-hybridized carbons (Fsp3) is 0.556. The lowest BCUT2D eigenvalue weighted by molar-refractivity contribution is -0.144. The van der Waals surface area contributed by atoms with E-state index in [0.717, 1.165) is 0 Å². The molecule has 6 heteroatoms. The van der Waals surface area contributed by atoms with Gasteiger partial charge in [0.2, 0.25) is 0 Å². The maximum absolute atomic E-state index is 11.1. The number of carbonyl (C=O) groups is 1. The van der Waals surface area contributed by atoms with Crippen LogP contribution in [0.2, 0.25) is 0 Å². The van der Waals surface area contributed by atoms with Gasteiger partial charge in [0.15, 0.2) is 0 Å². The van der Waals surface area contributed by atoms with Crippen LogP contribution >= 0.6 is 11.8 Å². The van der Waals surface area contributed by atoms with E-state index in [1.54, 1.807) is 13.1 Å². The van der Waals surface area contributed by atoms with Crippen molar-refractivity contribution in [3.05, 3.63) is 12.5 Å². The molecule has 0 aromatic carbocycles. The summed E-state index contributed by atoms with van der Waals surface area (Å²) in [6, 6.07) is -0.563. The molecule has 1 aromatic heterocycles. The van der Waals surface area contributed by atoms with Crippen molar-refractivity contribution < 1.29 is 13.9 Å². The molecule has 0 saturated carbocycles. The first kappa shape index (κ1) is 12.1. The molecule has 15 heavy (non-hydrogen) atoms. The maximum Gasteiger partial charge on any atom is 0.322 e. The van der Waals surface area contributed by atoms with Gasteiger partial charge in [-0.3, -0.25) is 4.79 Å². The minimum Gasteiger partial charge on any atom is -0.465 e. The zero-order chi connectivity index (χ0) is 11.1. The third-order valence-corrected chi connectivity index (χ3v) is 2.54. The highest BCUT2D eigenvalue weighted by Gasteiger charge is 2.14. The van der Waals surface area contributed by atoms with Crippen molar-refractivity contribution in [2.24, 2.45) is 5.73 Å². The van der Waals surface area contributed by atoms with Gasteiger partial charge in [0.25, 0.3) is 5.22 Å². The van der Waals surface area contributed by atoms with Gasteiger partial charge in [-0.15, -0.1) is 0 Å². The van der Waals surface area contributed by atoms with Crippen molar-refractivity contribution in [1.82, 2.24) is 4.98 Å². The van der Waals surface area contributed by atoms with E-state index in [1.165, 1.54) is 18.0 Å². The summed E-state index contributed by atoms with van der Waals surface area (Å²) < 4.78 is 9.80. The summed E-state index contributed by atoms with van der Waals surface area (Å²) in [6.07, 6.45) is 3.63. The highest BCUT2D eigenvalue weighted by atomic mass is 32.2. The highest BCUT2D eigenvalue weighted by Crippen LogP contribution is 2.16. The number of nitrogens with two attached hydrogens (primary N) is 1. The standard InChI is InChI=1S/C9H14N2O3S/c1-2-13-8(12)7(10)3-6-15-9-11-4-5-14-9/h4-5,7H,2-3,6,10H2,1H3. The van der Waals surface area contributed by atoms with Crippen molar-refractivity contribution in [3.63, 3.8) is 0 Å². The van der Waals surface area contributed by atoms with Gasteiger partial charge in [-0.1, -0.05) is 11.8 Å². The number of aromatic nitrogens is 1. The van der Waals surface area contributed by atoms with E-state index >= 15 is 0 Å². The molecule has 1 unspecified atom stereocenters. The second-order valence-electron chi connectivity index (χ2n) is 2.79. The second kappa shape index (κ2) is 6.47. The Labute approximate surface area is 92.4 Å². The Hall–Kier alpha value is -1.01. The Morgan fingerprint density at radius 1 is 1.80 bits per heavy atom. The Balaban J connectivity index is 2.17. The van der Waals surface area contributed by atoms with Crippen molar-refractivity contribution >= 4 is 17.7 Å². The second-order valence-corrected chi connectivity index (χ2v) is 3.84. The molecule has 1 rings (SSSR count). The monoisotopic (exact) mass is 230 g/mol. The van der Waals surface area contributed by atoms with Gasteiger partial charge < -0.3 is 14.9 Å². The lowest BCUT2D eigenvalue weighted by Gasteiger charge is -2.08. The predicted molar refractivity (Wildman–Crippen MR) is 56.5 cm³/mol. The summed E-state index contributed by atoms with van der Waals surface area (Å²) in [5, 5.41) is 0.589. The molecule has 1 atom stereocenters. The van der Waals surface area contributed by atoms with Gasteiger partial charge in [-0.05, 0) is 13.3 Å². The summed E-state index contributed by atoms with van der Waals surface area (Å²) >= 11 is 1.43. The first-order chi connectivity index (χ1) is 7.24. The number of hydrogen-bond donors (Lipinski definition) is 1. The van der Waals surface area contributed by atoms with Crippen LogP contribution < -0.4 is 5.73 Å². The predicted octanol–water partition coefficient (Wildman–Crippen LogP) is 1.05. The molecule has 0 aliphatic rings. The summed E-state index contributed by atoms with van der Waals surface area (Å²) in [4.78, 5) is 15.1. The smallest absolute Gasteiger partial charge is 0.322 e. The van der Waals surface area contributed by atoms with Crippen LogP contribution in [0.4, 0.5) is 0 Å². The topological polar surface area (TPSA) is 78.4 Å². The lowest BCUT2D eigenvalue weighted by Crippen LogP contribution is -2.32. The molecule has 0 fully saturated rings. The summed E-state index contributed by atoms with van der Waals surface area (Å²) in [5.41, 5.74) is 5.60. The van der Waals surface area contributed by atoms with Crippen LogP contribution in [0, 0.1) is 0 Å². The number of carbonyl (C=O) groups excluding carboxylic acids is 1. The van der Waals surface area contributed by atoms with Gasteiger partial charge >= 0.3 is 5.97 Å². The highest BCUT2D eigenvalue weighted by molar-refractivity contribution is 7.99. The molecule has 5 nitrogen and oxygen atoms in total. The molecule has 0 aliphatic heterocycles. The number of ether oxygens (including phenoxy) is 1. The number of thioether (sulfide) groups is 1. The Morgan fingerprint density at radius 2 is 2.60 bits per heavy atom. The molecule has 0 aliphatic carbocycles. The van der Waals surface area contributed by atoms with Crippen molar-refractivity contribution in [3.8, 4) is 0 Å². The maximum atomic E-state index is 11.1. The van der Waals surface area contributed by atoms with Crippen LogP contribution in [-0.4, -0.2) is 29.4 Å². The van der Waals surface area contributed by atoms with Gasteiger partial charge in [0.05, 0.1) is 12.8 Å². The van der Waals surface area contributed by atoms with E-state index in [9.17, 15) is 4.79 Å². The molecular formula is C9H14N2O3S. The van der Waals surface area contributed by atoms with Crippen LogP contribution in [0.25, 0.3) is 0 Å². The molecule has 1 heterocycles. The van der Waals surface area contributed by atoms with Crippen molar-refractivity contribution in [1.29, 1.82) is 0 Å². The summed E-state index contributed by atoms with van der Waals surface area (Å²) in [5.74, 6) is 0.325. The van der Waals surface area contributed by atoms with Crippen LogP contribution in [0.3, 0.4) is 0 Å². The van der Waals surface area contributed by atoms with Crippen LogP contribution in [0.15, 0.2) is 22.1 Å². The molecule has 0 saturated heterocycles. The largest absolute Gasteiger partial charge is 0.465 e. The van der Waals surface area contributed by atoms with Crippen LogP contribution in [0.5, 0.6) is 0 Å². The normalized spacial score (nSPS) is 12.4. The molecule has 1 aromatic rings. The number of oxazole rings is 1. The van der Waals surface area contributed by atoms with Crippen LogP contribution in [-0.2, 0) is 9.53 Å². The zero-order valence-electron chi connectivity index (χ0n) is 8.51.